The van der Waals surface area contributed by atoms with Crippen LogP contribution in [0.15, 0.2) is 83.9 Å². The summed E-state index contributed by atoms with van der Waals surface area (Å²) in [5.41, 5.74) is 2.78. The predicted octanol–water partition coefficient (Wildman–Crippen LogP) is 5.86. The van der Waals surface area contributed by atoms with Gasteiger partial charge in [-0.3, -0.25) is 10.1 Å². The normalized spacial score (nSPS) is 17.1. The van der Waals surface area contributed by atoms with E-state index in [1.165, 1.54) is 0 Å². The number of benzene rings is 2. The zero-order valence-electron chi connectivity index (χ0n) is 24.9. The number of hydrogen-bond donors (Lipinski definition) is 1. The highest BCUT2D eigenvalue weighted by Gasteiger charge is 2.48. The van der Waals surface area contributed by atoms with Gasteiger partial charge in [-0.05, 0) is 68.3 Å². The summed E-state index contributed by atoms with van der Waals surface area (Å²) in [4.78, 5) is 44.5. The number of aromatic nitrogens is 3. The molecule has 11 heteroatoms. The van der Waals surface area contributed by atoms with Gasteiger partial charge in [-0.25, -0.2) is 19.7 Å². The quantitative estimate of drug-likeness (QED) is 0.262. The summed E-state index contributed by atoms with van der Waals surface area (Å²) in [5.74, 6) is 1.78. The average Bonchev–Trinajstić information content (AvgIpc) is 3.82. The molecule has 0 spiro atoms. The summed E-state index contributed by atoms with van der Waals surface area (Å²) in [6.45, 7) is 4.11. The first-order chi connectivity index (χ1) is 21.3. The second-order valence-electron chi connectivity index (χ2n) is 11.1. The number of thioether (sulfide) groups is 1. The van der Waals surface area contributed by atoms with E-state index in [1.54, 1.807) is 61.2 Å². The van der Waals surface area contributed by atoms with E-state index in [0.29, 0.717) is 36.2 Å². The van der Waals surface area contributed by atoms with E-state index in [4.69, 9.17) is 19.4 Å². The summed E-state index contributed by atoms with van der Waals surface area (Å²) in [6, 6.07) is 22.4. The lowest BCUT2D eigenvalue weighted by atomic mass is 10.1. The molecule has 2 aromatic carbocycles. The number of nitrogens with one attached hydrogen (secondary N) is 1. The van der Waals surface area contributed by atoms with Gasteiger partial charge in [0, 0.05) is 49.0 Å². The van der Waals surface area contributed by atoms with Crippen molar-refractivity contribution in [2.45, 2.75) is 35.4 Å². The second-order valence-corrected chi connectivity index (χ2v) is 12.5. The molecule has 1 atom stereocenters. The maximum Gasteiger partial charge on any atom is 0.417 e. The molecule has 2 amide bonds. The number of anilines is 2. The van der Waals surface area contributed by atoms with Gasteiger partial charge in [-0.1, -0.05) is 18.2 Å². The van der Waals surface area contributed by atoms with Gasteiger partial charge >= 0.3 is 6.09 Å². The van der Waals surface area contributed by atoms with Gasteiger partial charge in [0.05, 0.1) is 29.7 Å². The van der Waals surface area contributed by atoms with Crippen molar-refractivity contribution < 1.29 is 19.1 Å². The van der Waals surface area contributed by atoms with Crippen LogP contribution in [0.25, 0.3) is 11.4 Å². The summed E-state index contributed by atoms with van der Waals surface area (Å²) in [6.07, 6.45) is 2.92. The van der Waals surface area contributed by atoms with E-state index in [-0.39, 0.29) is 16.7 Å². The van der Waals surface area contributed by atoms with Crippen molar-refractivity contribution in [3.05, 3.63) is 90.4 Å². The number of hydrogen-bond acceptors (Lipinski definition) is 9. The molecule has 1 aliphatic heterocycles. The Hall–Kier alpha value is -4.48. The van der Waals surface area contributed by atoms with E-state index in [1.807, 2.05) is 42.5 Å². The third kappa shape index (κ3) is 6.53. The Balaban J connectivity index is 1.30. The molecule has 1 unspecified atom stereocenters. The van der Waals surface area contributed by atoms with Gasteiger partial charge in [0.25, 0.3) is 5.91 Å². The molecule has 1 saturated heterocycles. The topological polar surface area (TPSA) is 110 Å². The molecule has 2 aliphatic rings. The molecule has 0 bridgehead atoms. The van der Waals surface area contributed by atoms with E-state index in [0.717, 1.165) is 41.4 Å². The molecule has 6 rings (SSSR count). The zero-order chi connectivity index (χ0) is 30.7. The lowest BCUT2D eigenvalue weighted by molar-refractivity contribution is 0.0818. The van der Waals surface area contributed by atoms with Crippen molar-refractivity contribution in [3.63, 3.8) is 0 Å². The summed E-state index contributed by atoms with van der Waals surface area (Å²) in [7, 11) is 3.47. The fraction of sp³-hybridized carbons (Fsp3) is 0.303. The molecule has 2 aromatic heterocycles. The van der Waals surface area contributed by atoms with E-state index in [9.17, 15) is 9.59 Å². The highest BCUT2D eigenvalue weighted by atomic mass is 32.2. The minimum atomic E-state index is -0.569. The fourth-order valence-corrected chi connectivity index (χ4v) is 6.35. The van der Waals surface area contributed by atoms with Gasteiger partial charge in [0.2, 0.25) is 0 Å². The summed E-state index contributed by atoms with van der Waals surface area (Å²) >= 11 is 1.65. The van der Waals surface area contributed by atoms with Crippen LogP contribution >= 0.6 is 11.8 Å². The van der Waals surface area contributed by atoms with E-state index < -0.39 is 6.09 Å². The molecule has 1 aliphatic carbocycles. The Bertz CT molecular complexity index is 1650. The molecule has 1 N–H and O–H groups in total. The SMILES string of the molecule is CC1COCCN1c1cc(C2(Sc3cccnc3C(=O)N(C)C)CC2)nc(-c2ccc(NC(=O)Oc3ccccc3)cc2)n1. The molecule has 10 nitrogen and oxygen atoms in total. The van der Waals surface area contributed by atoms with Crippen molar-refractivity contribution in [3.8, 4) is 17.1 Å². The first-order valence-corrected chi connectivity index (χ1v) is 15.4. The maximum atomic E-state index is 12.9. The highest BCUT2D eigenvalue weighted by Crippen LogP contribution is 2.59. The Morgan fingerprint density at radius 1 is 1.05 bits per heavy atom. The van der Waals surface area contributed by atoms with Gasteiger partial charge < -0.3 is 19.3 Å². The lowest BCUT2D eigenvalue weighted by Crippen LogP contribution is -2.44. The Morgan fingerprint density at radius 3 is 2.52 bits per heavy atom. The van der Waals surface area contributed by atoms with Crippen LogP contribution in [0.3, 0.4) is 0 Å². The zero-order valence-corrected chi connectivity index (χ0v) is 25.7. The highest BCUT2D eigenvalue weighted by molar-refractivity contribution is 8.00. The minimum absolute atomic E-state index is 0.128. The van der Waals surface area contributed by atoms with Gasteiger partial charge in [0.1, 0.15) is 17.3 Å². The van der Waals surface area contributed by atoms with Crippen LogP contribution < -0.4 is 15.0 Å². The summed E-state index contributed by atoms with van der Waals surface area (Å²) < 4.78 is 10.8. The molecule has 4 aromatic rings. The number of ether oxygens (including phenoxy) is 2. The monoisotopic (exact) mass is 610 g/mol. The number of pyridine rings is 1. The van der Waals surface area contributed by atoms with Crippen LogP contribution in [0.1, 0.15) is 35.9 Å². The lowest BCUT2D eigenvalue weighted by Gasteiger charge is -2.34. The maximum absolute atomic E-state index is 12.9. The number of nitrogens with zero attached hydrogens (tertiary/aromatic N) is 5. The number of carbonyl (C=O) groups is 2. The van der Waals surface area contributed by atoms with E-state index >= 15 is 0 Å². The van der Waals surface area contributed by atoms with Gasteiger partial charge in [0.15, 0.2) is 5.82 Å². The Kier molecular flexibility index (Phi) is 8.49. The number of amides is 2. The standard InChI is InChI=1S/C33H34N6O4S/c1-22-21-42-19-18-39(22)28-20-27(33(15-16-33)44-26-10-7-17-34-29(26)31(40)38(2)3)36-30(37-28)23-11-13-24(14-12-23)35-32(41)43-25-8-5-4-6-9-25/h4-14,17,20,22H,15-16,18-19,21H2,1-3H3,(H,35,41). The van der Waals surface area contributed by atoms with Crippen LogP contribution in [-0.2, 0) is 9.48 Å². The number of para-hydroxylation sites is 1. The van der Waals surface area contributed by atoms with Crippen molar-refractivity contribution in [2.24, 2.45) is 0 Å². The number of carbonyl (C=O) groups excluding carboxylic acids is 2. The molecule has 3 heterocycles. The van der Waals surface area contributed by atoms with Crippen LogP contribution in [0, 0.1) is 0 Å². The average molecular weight is 611 g/mol. The van der Waals surface area contributed by atoms with Gasteiger partial charge in [-0.2, -0.15) is 0 Å². The largest absolute Gasteiger partial charge is 0.417 e. The molecule has 0 radical (unpaired) electrons. The van der Waals surface area contributed by atoms with Crippen LogP contribution in [0.4, 0.5) is 16.3 Å². The van der Waals surface area contributed by atoms with Crippen molar-refractivity contribution >= 4 is 35.3 Å². The van der Waals surface area contributed by atoms with Crippen molar-refractivity contribution in [2.75, 3.05) is 44.1 Å². The number of morpholine rings is 1. The first kappa shape index (κ1) is 29.6. The van der Waals surface area contributed by atoms with Crippen LogP contribution in [0.2, 0.25) is 0 Å². The fourth-order valence-electron chi connectivity index (χ4n) is 5.03. The molecule has 2 fully saturated rings. The minimum Gasteiger partial charge on any atom is -0.410 e. The number of rotatable bonds is 8. The predicted molar refractivity (Wildman–Crippen MR) is 170 cm³/mol. The van der Waals surface area contributed by atoms with Crippen LogP contribution in [-0.4, -0.2) is 71.7 Å². The third-order valence-electron chi connectivity index (χ3n) is 7.57. The summed E-state index contributed by atoms with van der Waals surface area (Å²) in [5, 5.41) is 2.77. The Morgan fingerprint density at radius 2 is 1.82 bits per heavy atom. The molecular weight excluding hydrogens is 576 g/mol. The molecule has 1 saturated carbocycles. The first-order valence-electron chi connectivity index (χ1n) is 14.6. The van der Waals surface area contributed by atoms with E-state index in [2.05, 4.69) is 28.2 Å². The Labute approximate surface area is 260 Å². The second kappa shape index (κ2) is 12.6. The van der Waals surface area contributed by atoms with Crippen LogP contribution in [0.5, 0.6) is 5.75 Å². The van der Waals surface area contributed by atoms with Crippen molar-refractivity contribution in [1.29, 1.82) is 0 Å². The van der Waals surface area contributed by atoms with Gasteiger partial charge in [-0.15, -0.1) is 11.8 Å². The molecule has 44 heavy (non-hydrogen) atoms. The smallest absolute Gasteiger partial charge is 0.410 e. The molecular formula is C33H34N6O4S. The third-order valence-corrected chi connectivity index (χ3v) is 9.13. The molecule has 226 valence electrons. The van der Waals surface area contributed by atoms with Crippen molar-refractivity contribution in [1.82, 2.24) is 19.9 Å².